The van der Waals surface area contributed by atoms with Gasteiger partial charge in [-0.05, 0) is 20.3 Å². The van der Waals surface area contributed by atoms with E-state index < -0.39 is 0 Å². The molecule has 0 unspecified atom stereocenters. The molecule has 0 atom stereocenters. The molecule has 0 heterocycles. The highest BCUT2D eigenvalue weighted by Crippen LogP contribution is 2.03. The Hall–Kier alpha value is -1.56. The van der Waals surface area contributed by atoms with E-state index in [1.165, 1.54) is 11.1 Å². The molecule has 15 heavy (non-hydrogen) atoms. The lowest BCUT2D eigenvalue weighted by molar-refractivity contribution is 1.22. The summed E-state index contributed by atoms with van der Waals surface area (Å²) < 4.78 is 0. The Kier molecular flexibility index (Phi) is 5.24. The molecule has 0 amide bonds. The van der Waals surface area contributed by atoms with E-state index in [9.17, 15) is 0 Å². The van der Waals surface area contributed by atoms with Crippen LogP contribution in [0.25, 0.3) is 0 Å². The number of rotatable bonds is 0. The smallest absolute Gasteiger partial charge is 0.0135 e. The zero-order valence-electron chi connectivity index (χ0n) is 9.48. The number of hydrogen-bond acceptors (Lipinski definition) is 0. The molecule has 1 aromatic carbocycles. The first-order valence-corrected chi connectivity index (χ1v) is 5.29. The second kappa shape index (κ2) is 6.83. The Balaban J connectivity index is 0.000000151. The summed E-state index contributed by atoms with van der Waals surface area (Å²) in [4.78, 5) is 0. The van der Waals surface area contributed by atoms with Crippen LogP contribution in [0.1, 0.15) is 18.9 Å². The van der Waals surface area contributed by atoms with Crippen LogP contribution in [0.5, 0.6) is 0 Å². The highest BCUT2D eigenvalue weighted by Gasteiger charge is 1.83. The molecule has 0 saturated carbocycles. The van der Waals surface area contributed by atoms with Gasteiger partial charge in [0.15, 0.2) is 0 Å². The summed E-state index contributed by atoms with van der Waals surface area (Å²) in [5.74, 6) is 0. The van der Waals surface area contributed by atoms with Gasteiger partial charge in [-0.15, -0.1) is 0 Å². The summed E-state index contributed by atoms with van der Waals surface area (Å²) in [7, 11) is 0. The van der Waals surface area contributed by atoms with Crippen molar-refractivity contribution in [3.8, 4) is 0 Å². The third-order valence-electron chi connectivity index (χ3n) is 2.12. The van der Waals surface area contributed by atoms with Gasteiger partial charge in [0.1, 0.15) is 0 Å². The van der Waals surface area contributed by atoms with E-state index in [0.29, 0.717) is 0 Å². The number of allylic oxidation sites excluding steroid dienone is 6. The number of benzene rings is 1. The van der Waals surface area contributed by atoms with Crippen LogP contribution in [0, 0.1) is 6.92 Å². The van der Waals surface area contributed by atoms with Crippen LogP contribution in [0.15, 0.2) is 66.3 Å². The van der Waals surface area contributed by atoms with Crippen LogP contribution >= 0.6 is 0 Å². The number of hydrogen-bond donors (Lipinski definition) is 0. The minimum Gasteiger partial charge on any atom is -0.0805 e. The zero-order chi connectivity index (χ0) is 10.9. The quantitative estimate of drug-likeness (QED) is 0.578. The first kappa shape index (κ1) is 11.5. The summed E-state index contributed by atoms with van der Waals surface area (Å²) in [6.07, 6.45) is 11.6. The first-order chi connectivity index (χ1) is 7.29. The van der Waals surface area contributed by atoms with Crippen molar-refractivity contribution >= 4 is 0 Å². The fourth-order valence-electron chi connectivity index (χ4n) is 1.22. The molecule has 0 radical (unpaired) electrons. The predicted molar refractivity (Wildman–Crippen MR) is 67.8 cm³/mol. The molecule has 0 heteroatoms. The van der Waals surface area contributed by atoms with E-state index in [1.54, 1.807) is 0 Å². The maximum absolute atomic E-state index is 2.16. The molecule has 0 aromatic heterocycles. The highest BCUT2D eigenvalue weighted by atomic mass is 13.9. The molecule has 1 aromatic rings. The third-order valence-corrected chi connectivity index (χ3v) is 2.12. The topological polar surface area (TPSA) is 0 Å². The molecule has 0 N–H and O–H groups in total. The molecule has 0 nitrogen and oxygen atoms in total. The van der Waals surface area contributed by atoms with Gasteiger partial charge in [0.05, 0.1) is 0 Å². The van der Waals surface area contributed by atoms with Crippen molar-refractivity contribution in [1.82, 2.24) is 0 Å². The maximum Gasteiger partial charge on any atom is -0.0135 e. The summed E-state index contributed by atoms with van der Waals surface area (Å²) in [6.45, 7) is 4.22. The lowest BCUT2D eigenvalue weighted by atomic mass is 10.2. The second-order valence-corrected chi connectivity index (χ2v) is 3.68. The van der Waals surface area contributed by atoms with Gasteiger partial charge in [-0.3, -0.25) is 0 Å². The van der Waals surface area contributed by atoms with Crippen molar-refractivity contribution in [1.29, 1.82) is 0 Å². The number of aryl methyl sites for hydroxylation is 1. The molecule has 0 bridgehead atoms. The van der Waals surface area contributed by atoms with Gasteiger partial charge < -0.3 is 0 Å². The van der Waals surface area contributed by atoms with Gasteiger partial charge in [0.2, 0.25) is 0 Å². The fraction of sp³-hybridized carbons (Fsp3) is 0.200. The van der Waals surface area contributed by atoms with Crippen molar-refractivity contribution in [2.24, 2.45) is 0 Å². The van der Waals surface area contributed by atoms with E-state index in [-0.39, 0.29) is 0 Å². The Morgan fingerprint density at radius 2 is 1.60 bits per heavy atom. The average molecular weight is 198 g/mol. The van der Waals surface area contributed by atoms with Gasteiger partial charge in [0.25, 0.3) is 0 Å². The molecule has 0 aliphatic heterocycles. The Morgan fingerprint density at radius 1 is 0.867 bits per heavy atom. The van der Waals surface area contributed by atoms with Crippen LogP contribution < -0.4 is 0 Å². The third kappa shape index (κ3) is 5.69. The molecule has 78 valence electrons. The standard InChI is InChI=1S/C8H10.C7H8/c1-8-6-4-2-3-5-7-8;1-7-5-3-2-4-6-7/h2-6H,7H2,1H3;2-6H,1H3. The van der Waals surface area contributed by atoms with E-state index >= 15 is 0 Å². The van der Waals surface area contributed by atoms with Gasteiger partial charge in [-0.2, -0.15) is 0 Å². The summed E-state index contributed by atoms with van der Waals surface area (Å²) in [6, 6.07) is 10.3. The van der Waals surface area contributed by atoms with Crippen LogP contribution in [0.2, 0.25) is 0 Å². The normalized spacial score (nSPS) is 13.6. The van der Waals surface area contributed by atoms with E-state index in [0.717, 1.165) is 6.42 Å². The zero-order valence-corrected chi connectivity index (χ0v) is 9.48. The van der Waals surface area contributed by atoms with Gasteiger partial charge >= 0.3 is 0 Å². The SMILES string of the molecule is CC1=CC=CC=CC1.Cc1ccccc1. The minimum absolute atomic E-state index is 1.10. The Bertz CT molecular complexity index is 353. The molecule has 1 aliphatic carbocycles. The van der Waals surface area contributed by atoms with Crippen LogP contribution in [0.3, 0.4) is 0 Å². The molecule has 0 fully saturated rings. The van der Waals surface area contributed by atoms with Crippen LogP contribution in [-0.2, 0) is 0 Å². The van der Waals surface area contributed by atoms with Gasteiger partial charge in [0, 0.05) is 0 Å². The summed E-state index contributed by atoms with van der Waals surface area (Å²) in [5.41, 5.74) is 2.75. The molecule has 0 spiro atoms. The molecular formula is C15H18. The van der Waals surface area contributed by atoms with Crippen LogP contribution in [0.4, 0.5) is 0 Å². The van der Waals surface area contributed by atoms with Crippen LogP contribution in [-0.4, -0.2) is 0 Å². The van der Waals surface area contributed by atoms with E-state index in [2.05, 4.69) is 56.4 Å². The molecule has 2 rings (SSSR count). The van der Waals surface area contributed by atoms with E-state index in [1.807, 2.05) is 18.2 Å². The summed E-state index contributed by atoms with van der Waals surface area (Å²) >= 11 is 0. The Morgan fingerprint density at radius 3 is 2.20 bits per heavy atom. The summed E-state index contributed by atoms with van der Waals surface area (Å²) in [5, 5.41) is 0. The first-order valence-electron chi connectivity index (χ1n) is 5.29. The van der Waals surface area contributed by atoms with Crippen molar-refractivity contribution in [3.63, 3.8) is 0 Å². The van der Waals surface area contributed by atoms with Crippen molar-refractivity contribution in [2.75, 3.05) is 0 Å². The average Bonchev–Trinajstić information content (AvgIpc) is 2.48. The van der Waals surface area contributed by atoms with Gasteiger partial charge in [-0.1, -0.05) is 71.8 Å². The second-order valence-electron chi connectivity index (χ2n) is 3.68. The molecule has 0 saturated heterocycles. The van der Waals surface area contributed by atoms with Gasteiger partial charge in [-0.25, -0.2) is 0 Å². The lowest BCUT2D eigenvalue weighted by Crippen LogP contribution is -1.66. The molecule has 1 aliphatic rings. The van der Waals surface area contributed by atoms with Crippen molar-refractivity contribution < 1.29 is 0 Å². The predicted octanol–water partition coefficient (Wildman–Crippen LogP) is 4.44. The monoisotopic (exact) mass is 198 g/mol. The Labute approximate surface area is 92.6 Å². The lowest BCUT2D eigenvalue weighted by Gasteiger charge is -1.86. The maximum atomic E-state index is 2.16. The highest BCUT2D eigenvalue weighted by molar-refractivity contribution is 5.21. The largest absolute Gasteiger partial charge is 0.0805 e. The van der Waals surface area contributed by atoms with Crippen molar-refractivity contribution in [3.05, 3.63) is 71.8 Å². The molecular weight excluding hydrogens is 180 g/mol. The minimum atomic E-state index is 1.10. The fourth-order valence-corrected chi connectivity index (χ4v) is 1.22. The van der Waals surface area contributed by atoms with Crippen molar-refractivity contribution in [2.45, 2.75) is 20.3 Å². The van der Waals surface area contributed by atoms with E-state index in [4.69, 9.17) is 0 Å².